The molecule has 1 aromatic rings. The third-order valence-corrected chi connectivity index (χ3v) is 2.92. The second kappa shape index (κ2) is 4.58. The molecular formula is C14H9N3O3. The number of rotatable bonds is 2. The molecule has 0 aliphatic carbocycles. The molecule has 0 saturated heterocycles. The predicted molar refractivity (Wildman–Crippen MR) is 73.6 cm³/mol. The van der Waals surface area contributed by atoms with Gasteiger partial charge in [-0.3, -0.25) is 19.8 Å². The van der Waals surface area contributed by atoms with Crippen molar-refractivity contribution in [1.82, 2.24) is 4.90 Å². The molecule has 0 aromatic heterocycles. The monoisotopic (exact) mass is 267 g/mol. The third-order valence-electron chi connectivity index (χ3n) is 2.92. The Morgan fingerprint density at radius 2 is 1.95 bits per heavy atom. The van der Waals surface area contributed by atoms with Crippen LogP contribution in [-0.4, -0.2) is 21.6 Å². The van der Waals surface area contributed by atoms with Gasteiger partial charge in [0.2, 0.25) is 0 Å². The van der Waals surface area contributed by atoms with Gasteiger partial charge in [-0.15, -0.1) is 0 Å². The van der Waals surface area contributed by atoms with Crippen molar-refractivity contribution < 1.29 is 9.72 Å². The maximum absolute atomic E-state index is 12.1. The van der Waals surface area contributed by atoms with Gasteiger partial charge in [0.1, 0.15) is 11.5 Å². The minimum absolute atomic E-state index is 0.0134. The molecule has 1 aromatic carbocycles. The number of hydrogen-bond donors (Lipinski definition) is 0. The van der Waals surface area contributed by atoms with Gasteiger partial charge in [-0.1, -0.05) is 6.08 Å². The highest BCUT2D eigenvalue weighted by Gasteiger charge is 2.27. The summed E-state index contributed by atoms with van der Waals surface area (Å²) < 4.78 is 0. The molecule has 0 N–H and O–H groups in total. The van der Waals surface area contributed by atoms with Crippen LogP contribution < -0.4 is 0 Å². The first-order chi connectivity index (χ1) is 9.65. The number of amidine groups is 1. The second-order valence-corrected chi connectivity index (χ2v) is 4.22. The molecular weight excluding hydrogens is 258 g/mol. The number of non-ortho nitro benzene ring substituents is 1. The van der Waals surface area contributed by atoms with Crippen LogP contribution in [0, 0.1) is 10.1 Å². The summed E-state index contributed by atoms with van der Waals surface area (Å²) >= 11 is 0. The Bertz CT molecular complexity index is 712. The van der Waals surface area contributed by atoms with Crippen LogP contribution >= 0.6 is 0 Å². The molecule has 0 radical (unpaired) electrons. The van der Waals surface area contributed by atoms with Gasteiger partial charge in [0, 0.05) is 18.3 Å². The molecule has 0 bridgehead atoms. The lowest BCUT2D eigenvalue weighted by molar-refractivity contribution is -0.384. The number of nitro groups is 1. The molecule has 0 unspecified atom stereocenters. The molecule has 20 heavy (non-hydrogen) atoms. The van der Waals surface area contributed by atoms with Gasteiger partial charge in [-0.25, -0.2) is 4.99 Å². The van der Waals surface area contributed by atoms with Gasteiger partial charge in [0.05, 0.1) is 4.92 Å². The largest absolute Gasteiger partial charge is 0.282 e. The Balaban J connectivity index is 1.91. The summed E-state index contributed by atoms with van der Waals surface area (Å²) in [6.07, 6.45) is 8.56. The molecule has 0 atom stereocenters. The fourth-order valence-corrected chi connectivity index (χ4v) is 1.94. The van der Waals surface area contributed by atoms with Crippen molar-refractivity contribution in [2.75, 3.05) is 0 Å². The standard InChI is InChI=1S/C14H9N3O3/c18-14-12(15-13-3-1-2-8-16(13)14)9-10-4-6-11(7-5-10)17(19)20/h1-9H/b12-9+. The van der Waals surface area contributed by atoms with Crippen molar-refractivity contribution in [2.45, 2.75) is 0 Å². The van der Waals surface area contributed by atoms with Gasteiger partial charge < -0.3 is 0 Å². The van der Waals surface area contributed by atoms with Crippen LogP contribution in [0.15, 0.2) is 59.4 Å². The fraction of sp³-hybridized carbons (Fsp3) is 0. The molecule has 0 fully saturated rings. The van der Waals surface area contributed by atoms with Crippen LogP contribution in [0.2, 0.25) is 0 Å². The lowest BCUT2D eigenvalue weighted by Gasteiger charge is -2.11. The summed E-state index contributed by atoms with van der Waals surface area (Å²) in [5, 5.41) is 10.6. The normalized spacial score (nSPS) is 18.4. The first kappa shape index (κ1) is 12.0. The number of carbonyl (C=O) groups excluding carboxylic acids is 1. The number of aliphatic imine (C=N–C) groups is 1. The minimum Gasteiger partial charge on any atom is -0.266 e. The molecule has 1 amide bonds. The van der Waals surface area contributed by atoms with Crippen molar-refractivity contribution >= 4 is 23.5 Å². The van der Waals surface area contributed by atoms with E-state index in [1.165, 1.54) is 17.0 Å². The van der Waals surface area contributed by atoms with Crippen molar-refractivity contribution in [3.8, 4) is 0 Å². The van der Waals surface area contributed by atoms with Crippen molar-refractivity contribution in [1.29, 1.82) is 0 Å². The number of fused-ring (bicyclic) bond motifs is 1. The zero-order valence-corrected chi connectivity index (χ0v) is 10.3. The van der Waals surface area contributed by atoms with E-state index in [1.807, 2.05) is 0 Å². The number of benzene rings is 1. The van der Waals surface area contributed by atoms with Crippen LogP contribution in [0.5, 0.6) is 0 Å². The van der Waals surface area contributed by atoms with Gasteiger partial charge in [0.25, 0.3) is 11.6 Å². The SMILES string of the molecule is O=C1/C(=C\c2ccc([N+](=O)[O-])cc2)N=C2C=CC=CN12. The zero-order valence-electron chi connectivity index (χ0n) is 10.3. The van der Waals surface area contributed by atoms with E-state index in [1.54, 1.807) is 42.6 Å². The first-order valence-corrected chi connectivity index (χ1v) is 5.88. The predicted octanol–water partition coefficient (Wildman–Crippen LogP) is 2.26. The molecule has 0 saturated carbocycles. The highest BCUT2D eigenvalue weighted by molar-refractivity contribution is 6.18. The third kappa shape index (κ3) is 2.03. The Morgan fingerprint density at radius 1 is 1.20 bits per heavy atom. The van der Waals surface area contributed by atoms with E-state index in [-0.39, 0.29) is 11.6 Å². The van der Waals surface area contributed by atoms with Crippen molar-refractivity contribution in [3.63, 3.8) is 0 Å². The highest BCUT2D eigenvalue weighted by atomic mass is 16.6. The maximum atomic E-state index is 12.1. The molecule has 6 nitrogen and oxygen atoms in total. The van der Waals surface area contributed by atoms with E-state index in [0.29, 0.717) is 17.1 Å². The molecule has 2 aliphatic heterocycles. The quantitative estimate of drug-likeness (QED) is 0.468. The Labute approximate surface area is 114 Å². The van der Waals surface area contributed by atoms with Gasteiger partial charge >= 0.3 is 0 Å². The molecule has 6 heteroatoms. The number of hydrogen-bond acceptors (Lipinski definition) is 4. The van der Waals surface area contributed by atoms with Gasteiger partial charge in [-0.2, -0.15) is 0 Å². The Kier molecular flexibility index (Phi) is 2.76. The molecule has 2 aliphatic rings. The average Bonchev–Trinajstić information content (AvgIpc) is 2.77. The minimum atomic E-state index is -0.465. The van der Waals surface area contributed by atoms with Gasteiger partial charge in [-0.05, 0) is 35.9 Å². The topological polar surface area (TPSA) is 75.8 Å². The zero-order chi connectivity index (χ0) is 14.1. The van der Waals surface area contributed by atoms with Crippen LogP contribution in [-0.2, 0) is 4.79 Å². The average molecular weight is 267 g/mol. The maximum Gasteiger partial charge on any atom is 0.282 e. The molecule has 3 rings (SSSR count). The number of allylic oxidation sites excluding steroid dienone is 2. The summed E-state index contributed by atoms with van der Waals surface area (Å²) in [6.45, 7) is 0. The van der Waals surface area contributed by atoms with E-state index in [2.05, 4.69) is 4.99 Å². The van der Waals surface area contributed by atoms with Crippen LogP contribution in [0.25, 0.3) is 6.08 Å². The highest BCUT2D eigenvalue weighted by Crippen LogP contribution is 2.22. The summed E-state index contributed by atoms with van der Waals surface area (Å²) in [5.74, 6) is 0.365. The summed E-state index contributed by atoms with van der Waals surface area (Å²) in [5.41, 5.74) is 1.01. The fourth-order valence-electron chi connectivity index (χ4n) is 1.94. The van der Waals surface area contributed by atoms with Crippen molar-refractivity contribution in [3.05, 3.63) is 70.1 Å². The van der Waals surface area contributed by atoms with Crippen LogP contribution in [0.3, 0.4) is 0 Å². The lowest BCUT2D eigenvalue weighted by Crippen LogP contribution is -2.26. The molecule has 2 heterocycles. The molecule has 0 spiro atoms. The van der Waals surface area contributed by atoms with E-state index in [0.717, 1.165) is 0 Å². The summed E-state index contributed by atoms with van der Waals surface area (Å²) in [7, 11) is 0. The van der Waals surface area contributed by atoms with E-state index < -0.39 is 4.92 Å². The lowest BCUT2D eigenvalue weighted by atomic mass is 10.1. The Morgan fingerprint density at radius 3 is 2.60 bits per heavy atom. The van der Waals surface area contributed by atoms with E-state index >= 15 is 0 Å². The van der Waals surface area contributed by atoms with E-state index in [9.17, 15) is 14.9 Å². The first-order valence-electron chi connectivity index (χ1n) is 5.88. The number of nitro benzene ring substituents is 1. The van der Waals surface area contributed by atoms with Gasteiger partial charge in [0.15, 0.2) is 0 Å². The smallest absolute Gasteiger partial charge is 0.266 e. The number of amides is 1. The van der Waals surface area contributed by atoms with Crippen molar-refractivity contribution in [2.24, 2.45) is 4.99 Å². The van der Waals surface area contributed by atoms with Crippen LogP contribution in [0.4, 0.5) is 5.69 Å². The van der Waals surface area contributed by atoms with Crippen LogP contribution in [0.1, 0.15) is 5.56 Å². The molecule has 98 valence electrons. The summed E-state index contributed by atoms with van der Waals surface area (Å²) in [4.78, 5) is 27.9. The number of nitrogens with zero attached hydrogens (tertiary/aromatic N) is 3. The second-order valence-electron chi connectivity index (χ2n) is 4.22. The Hall–Kier alpha value is -3.02. The van der Waals surface area contributed by atoms with E-state index in [4.69, 9.17) is 0 Å². The summed E-state index contributed by atoms with van der Waals surface area (Å²) in [6, 6.07) is 5.96. The number of carbonyl (C=O) groups is 1.